The van der Waals surface area contributed by atoms with Gasteiger partial charge in [0.1, 0.15) is 0 Å². The minimum atomic E-state index is -0.287. The number of para-hydroxylation sites is 1. The van der Waals surface area contributed by atoms with Crippen molar-refractivity contribution in [2.75, 3.05) is 18.0 Å². The molecule has 0 bridgehead atoms. The lowest BCUT2D eigenvalue weighted by molar-refractivity contribution is 0.0610. The lowest BCUT2D eigenvalue weighted by Gasteiger charge is -2.29. The summed E-state index contributed by atoms with van der Waals surface area (Å²) >= 11 is 0. The van der Waals surface area contributed by atoms with Gasteiger partial charge in [0.15, 0.2) is 0 Å². The maximum absolute atomic E-state index is 13.6. The second-order valence-corrected chi connectivity index (χ2v) is 10.4. The molecule has 4 aromatic carbocycles. The van der Waals surface area contributed by atoms with Gasteiger partial charge in [0, 0.05) is 40.9 Å². The van der Waals surface area contributed by atoms with E-state index in [1.54, 1.807) is 17.0 Å². The van der Waals surface area contributed by atoms with E-state index in [9.17, 15) is 14.4 Å². The number of hydrogen-bond donors (Lipinski definition) is 0. The zero-order chi connectivity index (χ0) is 26.2. The molecule has 1 heterocycles. The molecule has 0 aliphatic carbocycles. The summed E-state index contributed by atoms with van der Waals surface area (Å²) in [7, 11) is 0. The zero-order valence-corrected chi connectivity index (χ0v) is 21.4. The molecule has 5 rings (SSSR count). The van der Waals surface area contributed by atoms with Crippen LogP contribution in [0.5, 0.6) is 0 Å². The SMILES string of the molecule is CC(C)(C)c1ccc(C(=O)N(CCCN2C(=O)c3cccc4cccc(c34)C2=O)c2ccccc2)cc1. The van der Waals surface area contributed by atoms with E-state index >= 15 is 0 Å². The normalized spacial score (nSPS) is 13.2. The second kappa shape index (κ2) is 9.66. The zero-order valence-electron chi connectivity index (χ0n) is 21.4. The van der Waals surface area contributed by atoms with Gasteiger partial charge in [-0.05, 0) is 59.2 Å². The summed E-state index contributed by atoms with van der Waals surface area (Å²) in [6, 6.07) is 28.3. The summed E-state index contributed by atoms with van der Waals surface area (Å²) in [6.07, 6.45) is 0.455. The highest BCUT2D eigenvalue weighted by atomic mass is 16.2. The molecule has 0 unspecified atom stereocenters. The van der Waals surface area contributed by atoms with E-state index in [1.165, 1.54) is 4.90 Å². The Morgan fingerprint density at radius 2 is 1.35 bits per heavy atom. The lowest BCUT2D eigenvalue weighted by atomic mass is 9.86. The van der Waals surface area contributed by atoms with Gasteiger partial charge in [-0.25, -0.2) is 0 Å². The Labute approximate surface area is 217 Å². The summed E-state index contributed by atoms with van der Waals surface area (Å²) in [5.41, 5.74) is 3.62. The summed E-state index contributed by atoms with van der Waals surface area (Å²) < 4.78 is 0. The first-order valence-corrected chi connectivity index (χ1v) is 12.6. The second-order valence-electron chi connectivity index (χ2n) is 10.4. The Bertz CT molecular complexity index is 1430. The summed E-state index contributed by atoms with van der Waals surface area (Å²) in [5, 5.41) is 1.60. The number of hydrogen-bond acceptors (Lipinski definition) is 3. The van der Waals surface area contributed by atoms with E-state index in [4.69, 9.17) is 0 Å². The van der Waals surface area contributed by atoms with Crippen LogP contribution in [0.25, 0.3) is 10.8 Å². The van der Waals surface area contributed by atoms with E-state index in [0.29, 0.717) is 29.7 Å². The van der Waals surface area contributed by atoms with Crippen LogP contribution in [0, 0.1) is 0 Å². The van der Waals surface area contributed by atoms with Gasteiger partial charge < -0.3 is 4.90 Å². The van der Waals surface area contributed by atoms with Crippen molar-refractivity contribution in [3.63, 3.8) is 0 Å². The van der Waals surface area contributed by atoms with Gasteiger partial charge in [0.05, 0.1) is 0 Å². The summed E-state index contributed by atoms with van der Waals surface area (Å²) in [6.45, 7) is 7.02. The Morgan fingerprint density at radius 3 is 1.92 bits per heavy atom. The molecule has 37 heavy (non-hydrogen) atoms. The number of nitrogens with zero attached hydrogens (tertiary/aromatic N) is 2. The van der Waals surface area contributed by atoms with Crippen LogP contribution in [0.4, 0.5) is 5.69 Å². The van der Waals surface area contributed by atoms with Crippen molar-refractivity contribution in [1.29, 1.82) is 0 Å². The van der Waals surface area contributed by atoms with Crippen molar-refractivity contribution in [3.8, 4) is 0 Å². The van der Waals surface area contributed by atoms with E-state index in [2.05, 4.69) is 20.8 Å². The standard InChI is InChI=1S/C32H30N2O3/c1-32(2,3)24-18-16-23(17-19-24)29(35)33(25-12-5-4-6-13-25)20-9-21-34-30(36)26-14-7-10-22-11-8-15-27(28(22)26)31(34)37/h4-8,10-19H,9,20-21H2,1-3H3. The van der Waals surface area contributed by atoms with Crippen LogP contribution >= 0.6 is 0 Å². The van der Waals surface area contributed by atoms with Crippen LogP contribution in [-0.4, -0.2) is 35.7 Å². The minimum absolute atomic E-state index is 0.00282. The highest BCUT2D eigenvalue weighted by Gasteiger charge is 2.32. The number of amides is 3. The fourth-order valence-corrected chi connectivity index (χ4v) is 4.89. The maximum Gasteiger partial charge on any atom is 0.261 e. The van der Waals surface area contributed by atoms with Crippen LogP contribution in [0.3, 0.4) is 0 Å². The van der Waals surface area contributed by atoms with Crippen LogP contribution in [-0.2, 0) is 5.41 Å². The predicted octanol–water partition coefficient (Wildman–Crippen LogP) is 6.47. The smallest absolute Gasteiger partial charge is 0.261 e. The Kier molecular flexibility index (Phi) is 6.38. The van der Waals surface area contributed by atoms with Crippen molar-refractivity contribution in [3.05, 3.63) is 113 Å². The van der Waals surface area contributed by atoms with Crippen molar-refractivity contribution < 1.29 is 14.4 Å². The average Bonchev–Trinajstić information content (AvgIpc) is 2.91. The maximum atomic E-state index is 13.6. The lowest BCUT2D eigenvalue weighted by Crippen LogP contribution is -2.42. The van der Waals surface area contributed by atoms with Gasteiger partial charge >= 0.3 is 0 Å². The molecule has 0 N–H and O–H groups in total. The van der Waals surface area contributed by atoms with Crippen LogP contribution in [0.2, 0.25) is 0 Å². The Hall–Kier alpha value is -4.25. The highest BCUT2D eigenvalue weighted by molar-refractivity contribution is 6.25. The van der Waals surface area contributed by atoms with E-state index in [-0.39, 0.29) is 29.7 Å². The van der Waals surface area contributed by atoms with E-state index in [1.807, 2.05) is 78.9 Å². The van der Waals surface area contributed by atoms with Crippen LogP contribution in [0.15, 0.2) is 91.0 Å². The molecule has 4 aromatic rings. The third-order valence-electron chi connectivity index (χ3n) is 6.93. The third kappa shape index (κ3) is 4.65. The summed E-state index contributed by atoms with van der Waals surface area (Å²) in [4.78, 5) is 43.1. The quantitative estimate of drug-likeness (QED) is 0.291. The third-order valence-corrected chi connectivity index (χ3v) is 6.93. The Morgan fingerprint density at radius 1 is 0.757 bits per heavy atom. The molecule has 5 nitrogen and oxygen atoms in total. The molecule has 3 amide bonds. The first-order chi connectivity index (χ1) is 17.8. The number of anilines is 1. The first-order valence-electron chi connectivity index (χ1n) is 12.6. The number of rotatable bonds is 6. The van der Waals surface area contributed by atoms with Crippen molar-refractivity contribution >= 4 is 34.2 Å². The molecule has 0 saturated carbocycles. The molecular formula is C32H30N2O3. The van der Waals surface area contributed by atoms with Gasteiger partial charge in [-0.15, -0.1) is 0 Å². The topological polar surface area (TPSA) is 57.7 Å². The van der Waals surface area contributed by atoms with E-state index < -0.39 is 0 Å². The van der Waals surface area contributed by atoms with Crippen molar-refractivity contribution in [2.45, 2.75) is 32.6 Å². The minimum Gasteiger partial charge on any atom is -0.308 e. The van der Waals surface area contributed by atoms with Gasteiger partial charge in [-0.2, -0.15) is 0 Å². The molecule has 0 fully saturated rings. The molecule has 0 aromatic heterocycles. The fraction of sp³-hybridized carbons (Fsp3) is 0.219. The molecule has 0 spiro atoms. The monoisotopic (exact) mass is 490 g/mol. The Balaban J connectivity index is 1.36. The largest absolute Gasteiger partial charge is 0.308 e. The van der Waals surface area contributed by atoms with Gasteiger partial charge in [-0.1, -0.05) is 75.4 Å². The van der Waals surface area contributed by atoms with Gasteiger partial charge in [0.25, 0.3) is 17.7 Å². The van der Waals surface area contributed by atoms with Crippen LogP contribution in [0.1, 0.15) is 63.8 Å². The number of carbonyl (C=O) groups excluding carboxylic acids is 3. The molecule has 1 aliphatic heterocycles. The first kappa shape index (κ1) is 24.4. The number of carbonyl (C=O) groups is 3. The van der Waals surface area contributed by atoms with Crippen molar-refractivity contribution in [1.82, 2.24) is 4.90 Å². The molecular weight excluding hydrogens is 460 g/mol. The number of benzene rings is 4. The highest BCUT2D eigenvalue weighted by Crippen LogP contribution is 2.30. The van der Waals surface area contributed by atoms with Gasteiger partial charge in [-0.3, -0.25) is 19.3 Å². The molecule has 0 saturated heterocycles. The fourth-order valence-electron chi connectivity index (χ4n) is 4.89. The average molecular weight is 491 g/mol. The van der Waals surface area contributed by atoms with Crippen molar-refractivity contribution in [2.24, 2.45) is 0 Å². The van der Waals surface area contributed by atoms with Gasteiger partial charge in [0.2, 0.25) is 0 Å². The molecule has 0 radical (unpaired) electrons. The van der Waals surface area contributed by atoms with E-state index in [0.717, 1.165) is 22.0 Å². The molecule has 186 valence electrons. The van der Waals surface area contributed by atoms with Crippen LogP contribution < -0.4 is 4.90 Å². The predicted molar refractivity (Wildman–Crippen MR) is 147 cm³/mol. The number of imide groups is 1. The molecule has 0 atom stereocenters. The molecule has 5 heteroatoms. The molecule has 1 aliphatic rings. The summed E-state index contributed by atoms with van der Waals surface area (Å²) in [5.74, 6) is -0.688.